The van der Waals surface area contributed by atoms with Gasteiger partial charge in [0.05, 0.1) is 6.61 Å². The van der Waals surface area contributed by atoms with E-state index in [2.05, 4.69) is 19.6 Å². The maximum atomic E-state index is 12.4. The molecule has 1 unspecified atom stereocenters. The number of carbonyl (C=O) groups excluding carboxylic acids is 1. The third kappa shape index (κ3) is 4.68. The van der Waals surface area contributed by atoms with Gasteiger partial charge in [0.2, 0.25) is 11.0 Å². The lowest BCUT2D eigenvalue weighted by molar-refractivity contribution is -0.122. The second kappa shape index (κ2) is 8.60. The van der Waals surface area contributed by atoms with Crippen molar-refractivity contribution in [2.45, 2.75) is 25.3 Å². The van der Waals surface area contributed by atoms with Gasteiger partial charge in [-0.1, -0.05) is 23.7 Å². The quantitative estimate of drug-likeness (QED) is 0.747. The zero-order chi connectivity index (χ0) is 17.6. The molecule has 1 aliphatic heterocycles. The number of rotatable bonds is 7. The number of nitrogens with one attached hydrogen (secondary N) is 1. The number of methoxy groups -OCH3 is 1. The standard InChI is InChI=1S/C17H21ClN4O2S/c1-24-10-8-19-16(23)14-3-2-9-22(14)17-20-15(21-25-17)11-12-4-6-13(18)7-5-12/h4-7,14H,2-3,8-11H2,1H3,(H,19,23). The van der Waals surface area contributed by atoms with E-state index in [1.54, 1.807) is 7.11 Å². The van der Waals surface area contributed by atoms with Crippen LogP contribution in [0.15, 0.2) is 24.3 Å². The molecule has 1 saturated heterocycles. The van der Waals surface area contributed by atoms with E-state index >= 15 is 0 Å². The van der Waals surface area contributed by atoms with Gasteiger partial charge in [0, 0.05) is 43.2 Å². The molecule has 1 amide bonds. The first-order valence-corrected chi connectivity index (χ1v) is 9.43. The third-order valence-electron chi connectivity index (χ3n) is 4.14. The predicted molar refractivity (Wildman–Crippen MR) is 99.4 cm³/mol. The molecule has 0 bridgehead atoms. The second-order valence-corrected chi connectivity index (χ2v) is 7.10. The van der Waals surface area contributed by atoms with E-state index in [0.29, 0.717) is 19.6 Å². The highest BCUT2D eigenvalue weighted by molar-refractivity contribution is 7.09. The number of aromatic nitrogens is 2. The molecule has 0 spiro atoms. The molecular formula is C17H21ClN4O2S. The molecule has 8 heteroatoms. The number of carbonyl (C=O) groups is 1. The molecule has 1 aliphatic rings. The number of anilines is 1. The van der Waals surface area contributed by atoms with E-state index in [4.69, 9.17) is 16.3 Å². The Balaban J connectivity index is 1.64. The Morgan fingerprint density at radius 1 is 1.44 bits per heavy atom. The summed E-state index contributed by atoms with van der Waals surface area (Å²) in [7, 11) is 1.62. The summed E-state index contributed by atoms with van der Waals surface area (Å²) < 4.78 is 9.43. The molecule has 1 fully saturated rings. The predicted octanol–water partition coefficient (Wildman–Crippen LogP) is 2.51. The van der Waals surface area contributed by atoms with Crippen molar-refractivity contribution < 1.29 is 9.53 Å². The van der Waals surface area contributed by atoms with Crippen LogP contribution in [0.5, 0.6) is 0 Å². The van der Waals surface area contributed by atoms with Crippen LogP contribution in [0, 0.1) is 0 Å². The van der Waals surface area contributed by atoms with Gasteiger partial charge in [-0.05, 0) is 30.5 Å². The third-order valence-corrected chi connectivity index (χ3v) is 5.18. The fourth-order valence-electron chi connectivity index (χ4n) is 2.88. The van der Waals surface area contributed by atoms with Gasteiger partial charge in [0.15, 0.2) is 0 Å². The van der Waals surface area contributed by atoms with Crippen LogP contribution in [0.25, 0.3) is 0 Å². The van der Waals surface area contributed by atoms with Crippen LogP contribution < -0.4 is 10.2 Å². The minimum Gasteiger partial charge on any atom is -0.383 e. The van der Waals surface area contributed by atoms with Gasteiger partial charge in [0.1, 0.15) is 11.9 Å². The molecule has 0 saturated carbocycles. The molecular weight excluding hydrogens is 360 g/mol. The first kappa shape index (κ1) is 18.1. The van der Waals surface area contributed by atoms with Crippen molar-refractivity contribution >= 4 is 34.2 Å². The summed E-state index contributed by atoms with van der Waals surface area (Å²) in [6.45, 7) is 1.87. The summed E-state index contributed by atoms with van der Waals surface area (Å²) in [6, 6.07) is 7.51. The lowest BCUT2D eigenvalue weighted by Gasteiger charge is -2.22. The SMILES string of the molecule is COCCNC(=O)C1CCCN1c1nc(Cc2ccc(Cl)cc2)ns1. The monoisotopic (exact) mass is 380 g/mol. The van der Waals surface area contributed by atoms with Crippen LogP contribution in [0.3, 0.4) is 0 Å². The number of ether oxygens (including phenoxy) is 1. The topological polar surface area (TPSA) is 67.3 Å². The van der Waals surface area contributed by atoms with Gasteiger partial charge in [-0.2, -0.15) is 4.37 Å². The zero-order valence-corrected chi connectivity index (χ0v) is 15.6. The molecule has 3 rings (SSSR count). The normalized spacial score (nSPS) is 17.0. The summed E-state index contributed by atoms with van der Waals surface area (Å²) in [5.74, 6) is 0.803. The first-order chi connectivity index (χ1) is 12.2. The molecule has 2 heterocycles. The molecule has 134 valence electrons. The highest BCUT2D eigenvalue weighted by Gasteiger charge is 2.32. The summed E-state index contributed by atoms with van der Waals surface area (Å²) in [5.41, 5.74) is 1.11. The van der Waals surface area contributed by atoms with E-state index in [0.717, 1.165) is 40.9 Å². The molecule has 2 aromatic rings. The smallest absolute Gasteiger partial charge is 0.242 e. The molecule has 1 aromatic heterocycles. The van der Waals surface area contributed by atoms with Crippen molar-refractivity contribution in [1.82, 2.24) is 14.7 Å². The lowest BCUT2D eigenvalue weighted by atomic mass is 10.1. The van der Waals surface area contributed by atoms with Crippen molar-refractivity contribution in [3.63, 3.8) is 0 Å². The van der Waals surface area contributed by atoms with Gasteiger partial charge in [0.25, 0.3) is 0 Å². The molecule has 1 atom stereocenters. The van der Waals surface area contributed by atoms with Gasteiger partial charge in [-0.25, -0.2) is 4.98 Å². The minimum atomic E-state index is -0.173. The van der Waals surface area contributed by atoms with Gasteiger partial charge in [-0.3, -0.25) is 4.79 Å². The van der Waals surface area contributed by atoms with E-state index < -0.39 is 0 Å². The molecule has 0 radical (unpaired) electrons. The Bertz CT molecular complexity index is 707. The van der Waals surface area contributed by atoms with Crippen molar-refractivity contribution in [2.75, 3.05) is 31.7 Å². The molecule has 6 nitrogen and oxygen atoms in total. The number of benzene rings is 1. The molecule has 1 N–H and O–H groups in total. The Morgan fingerprint density at radius 3 is 3.00 bits per heavy atom. The van der Waals surface area contributed by atoms with Crippen LogP contribution >= 0.6 is 23.1 Å². The van der Waals surface area contributed by atoms with Gasteiger partial charge < -0.3 is 15.0 Å². The van der Waals surface area contributed by atoms with Crippen LogP contribution in [0.1, 0.15) is 24.2 Å². The molecule has 25 heavy (non-hydrogen) atoms. The minimum absolute atomic E-state index is 0.0315. The van der Waals surface area contributed by atoms with E-state index in [1.807, 2.05) is 24.3 Å². The Kier molecular flexibility index (Phi) is 6.23. The number of halogens is 1. The summed E-state index contributed by atoms with van der Waals surface area (Å²) in [4.78, 5) is 19.1. The fourth-order valence-corrected chi connectivity index (χ4v) is 3.77. The van der Waals surface area contributed by atoms with Crippen molar-refractivity contribution in [1.29, 1.82) is 0 Å². The van der Waals surface area contributed by atoms with Gasteiger partial charge >= 0.3 is 0 Å². The Labute approximate surface area is 156 Å². The highest BCUT2D eigenvalue weighted by atomic mass is 35.5. The van der Waals surface area contributed by atoms with Crippen LogP contribution in [-0.2, 0) is 16.0 Å². The van der Waals surface area contributed by atoms with Gasteiger partial charge in [-0.15, -0.1) is 0 Å². The zero-order valence-electron chi connectivity index (χ0n) is 14.1. The molecule has 1 aromatic carbocycles. The maximum Gasteiger partial charge on any atom is 0.242 e. The summed E-state index contributed by atoms with van der Waals surface area (Å²) in [5, 5.41) is 4.45. The van der Waals surface area contributed by atoms with E-state index in [9.17, 15) is 4.79 Å². The Hall–Kier alpha value is -1.70. The number of hydrogen-bond acceptors (Lipinski definition) is 6. The first-order valence-electron chi connectivity index (χ1n) is 8.27. The summed E-state index contributed by atoms with van der Waals surface area (Å²) >= 11 is 7.27. The van der Waals surface area contributed by atoms with Crippen molar-refractivity contribution in [3.05, 3.63) is 40.7 Å². The van der Waals surface area contributed by atoms with E-state index in [1.165, 1.54) is 11.5 Å². The maximum absolute atomic E-state index is 12.4. The van der Waals surface area contributed by atoms with Crippen LogP contribution in [0.2, 0.25) is 5.02 Å². The average molecular weight is 381 g/mol. The lowest BCUT2D eigenvalue weighted by Crippen LogP contribution is -2.44. The number of nitrogens with zero attached hydrogens (tertiary/aromatic N) is 3. The van der Waals surface area contributed by atoms with E-state index in [-0.39, 0.29) is 11.9 Å². The highest BCUT2D eigenvalue weighted by Crippen LogP contribution is 2.27. The largest absolute Gasteiger partial charge is 0.383 e. The van der Waals surface area contributed by atoms with Crippen LogP contribution in [0.4, 0.5) is 5.13 Å². The van der Waals surface area contributed by atoms with Crippen LogP contribution in [-0.4, -0.2) is 48.1 Å². The van der Waals surface area contributed by atoms with Crippen molar-refractivity contribution in [3.8, 4) is 0 Å². The second-order valence-electron chi connectivity index (χ2n) is 5.93. The fraction of sp³-hybridized carbons (Fsp3) is 0.471. The number of hydrogen-bond donors (Lipinski definition) is 1. The summed E-state index contributed by atoms with van der Waals surface area (Å²) in [6.07, 6.45) is 2.48. The Morgan fingerprint density at radius 2 is 2.24 bits per heavy atom. The number of amides is 1. The van der Waals surface area contributed by atoms with Crippen molar-refractivity contribution in [2.24, 2.45) is 0 Å². The molecule has 0 aliphatic carbocycles. The average Bonchev–Trinajstić information content (AvgIpc) is 3.26.